The van der Waals surface area contributed by atoms with Gasteiger partial charge in [0.2, 0.25) is 5.56 Å². The molecule has 9 rings (SSSR count). The molecule has 4 saturated heterocycles. The average molecular weight is 740 g/mol. The number of ether oxygens (including phenoxy) is 1. The van der Waals surface area contributed by atoms with Gasteiger partial charge in [0, 0.05) is 69.6 Å². The van der Waals surface area contributed by atoms with Crippen LogP contribution >= 0.6 is 11.3 Å². The number of carbonyl (C=O) groups is 3. The Hall–Kier alpha value is -4.56. The molecule has 2 aromatic carbocycles. The number of aliphatic hydroxyl groups is 1. The zero-order valence-electron chi connectivity index (χ0n) is 29.8. The molecular formula is C40H45N5O7S. The maximum absolute atomic E-state index is 14.1. The van der Waals surface area contributed by atoms with Crippen molar-refractivity contribution < 1.29 is 29.3 Å². The van der Waals surface area contributed by atoms with Gasteiger partial charge in [-0.15, -0.1) is 11.3 Å². The maximum atomic E-state index is 14.1. The van der Waals surface area contributed by atoms with Crippen LogP contribution in [0.4, 0.5) is 0 Å². The number of piperidine rings is 4. The summed E-state index contributed by atoms with van der Waals surface area (Å²) in [7, 11) is 1.73. The molecule has 0 radical (unpaired) electrons. The first-order valence-corrected chi connectivity index (χ1v) is 19.3. The highest BCUT2D eigenvalue weighted by molar-refractivity contribution is 7.15. The third-order valence-corrected chi connectivity index (χ3v) is 13.1. The van der Waals surface area contributed by atoms with Crippen LogP contribution in [0.25, 0.3) is 10.9 Å². The van der Waals surface area contributed by atoms with Crippen molar-refractivity contribution >= 4 is 40.0 Å². The van der Waals surface area contributed by atoms with Gasteiger partial charge in [0.1, 0.15) is 11.4 Å². The van der Waals surface area contributed by atoms with Gasteiger partial charge in [-0.2, -0.15) is 0 Å². The Balaban J connectivity index is 0.829. The van der Waals surface area contributed by atoms with Crippen LogP contribution in [0.3, 0.4) is 0 Å². The lowest BCUT2D eigenvalue weighted by Gasteiger charge is -2.41. The van der Waals surface area contributed by atoms with E-state index in [0.29, 0.717) is 78.0 Å². The number of phenols is 1. The Bertz CT molecular complexity index is 2090. The summed E-state index contributed by atoms with van der Waals surface area (Å²) in [6.07, 6.45) is 1.82. The first-order valence-electron chi connectivity index (χ1n) is 18.5. The van der Waals surface area contributed by atoms with Crippen LogP contribution in [0.15, 0.2) is 71.5 Å². The van der Waals surface area contributed by atoms with Crippen LogP contribution in [0.2, 0.25) is 0 Å². The van der Waals surface area contributed by atoms with Gasteiger partial charge in [0.05, 0.1) is 26.8 Å². The normalized spacial score (nSPS) is 24.5. The number of nitrogens with zero attached hydrogens (tertiary/aromatic N) is 3. The molecule has 12 nitrogen and oxygen atoms in total. The van der Waals surface area contributed by atoms with Crippen LogP contribution in [0, 0.1) is 11.8 Å². The number of aliphatic hydroxyl groups excluding tert-OH is 1. The summed E-state index contributed by atoms with van der Waals surface area (Å²) in [6.45, 7) is 5.04. The fraction of sp³-hybridized carbons (Fsp3) is 0.450. The average Bonchev–Trinajstić information content (AvgIpc) is 3.44. The summed E-state index contributed by atoms with van der Waals surface area (Å²) in [5.41, 5.74) is 0.340. The molecule has 2 aromatic heterocycles. The van der Waals surface area contributed by atoms with E-state index >= 15 is 0 Å². The lowest BCUT2D eigenvalue weighted by Crippen LogP contribution is -2.51. The molecule has 3 unspecified atom stereocenters. The maximum Gasteiger partial charge on any atom is 0.317 e. The van der Waals surface area contributed by atoms with Crippen LogP contribution in [-0.4, -0.2) is 113 Å². The van der Waals surface area contributed by atoms with Gasteiger partial charge in [0.25, 0.3) is 11.8 Å². The Morgan fingerprint density at radius 2 is 1.79 bits per heavy atom. The number of likely N-dealkylation sites (tertiary alicyclic amines) is 1. The van der Waals surface area contributed by atoms with E-state index in [0.717, 1.165) is 31.6 Å². The number of nitrogens with one attached hydrogen (secondary N) is 2. The highest BCUT2D eigenvalue weighted by Crippen LogP contribution is 2.63. The smallest absolute Gasteiger partial charge is 0.317 e. The molecular weight excluding hydrogens is 695 g/mol. The molecule has 6 heterocycles. The first-order chi connectivity index (χ1) is 25.6. The van der Waals surface area contributed by atoms with Crippen molar-refractivity contribution in [1.82, 2.24) is 25.0 Å². The predicted octanol–water partition coefficient (Wildman–Crippen LogP) is 3.50. The fourth-order valence-electron chi connectivity index (χ4n) is 8.99. The molecule has 5 fully saturated rings. The Morgan fingerprint density at radius 3 is 2.51 bits per heavy atom. The Labute approximate surface area is 311 Å². The van der Waals surface area contributed by atoms with E-state index in [9.17, 15) is 29.4 Å². The van der Waals surface area contributed by atoms with Crippen LogP contribution in [0.5, 0.6) is 5.75 Å². The van der Waals surface area contributed by atoms with E-state index in [1.807, 2.05) is 30.3 Å². The standard InChI is InChI=1S/C40H45N5O7S/c1-43(18-5-17-41-22-31(47)26-8-10-30(46)35-27(26)9-13-34(48)42-35)36(49)32-11-12-33(53-32)37(50)45-20-15-39(16-21-45,25-6-3-2-4-7-25)38(51)52-40-24-44-19-14-28(40)29(40)23-44/h2-4,6-13,28-29,31,41,46-47H,5,14-24H2,1H3,(H,42,48)/t28?,29?,31-,40+/m0/s1. The number of aromatic nitrogens is 1. The van der Waals surface area contributed by atoms with Crippen LogP contribution in [-0.2, 0) is 14.9 Å². The number of rotatable bonds is 12. The highest BCUT2D eigenvalue weighted by Gasteiger charge is 2.74. The van der Waals surface area contributed by atoms with Gasteiger partial charge in [-0.25, -0.2) is 0 Å². The number of H-pyrrole nitrogens is 1. The molecule has 278 valence electrons. The second-order valence-electron chi connectivity index (χ2n) is 15.1. The molecule has 2 amide bonds. The summed E-state index contributed by atoms with van der Waals surface area (Å²) < 4.78 is 6.47. The largest absolute Gasteiger partial charge is 0.506 e. The van der Waals surface area contributed by atoms with Crippen LogP contribution in [0.1, 0.15) is 62.3 Å². The minimum absolute atomic E-state index is 0.0630. The molecule has 13 heteroatoms. The van der Waals surface area contributed by atoms with Gasteiger partial charge < -0.3 is 35.1 Å². The number of amides is 2. The summed E-state index contributed by atoms with van der Waals surface area (Å²) in [4.78, 5) is 62.2. The van der Waals surface area contributed by atoms with Crippen molar-refractivity contribution in [2.45, 2.75) is 42.8 Å². The number of hydrogen-bond acceptors (Lipinski definition) is 10. The summed E-state index contributed by atoms with van der Waals surface area (Å²) in [5, 5.41) is 24.7. The summed E-state index contributed by atoms with van der Waals surface area (Å²) in [6, 6.07) is 19.3. The minimum atomic E-state index is -0.871. The molecule has 1 aliphatic carbocycles. The van der Waals surface area contributed by atoms with Crippen molar-refractivity contribution in [3.8, 4) is 5.75 Å². The molecule has 0 spiro atoms. The van der Waals surface area contributed by atoms with Crippen molar-refractivity contribution in [2.24, 2.45) is 11.8 Å². The predicted molar refractivity (Wildman–Crippen MR) is 200 cm³/mol. The number of pyridine rings is 1. The van der Waals surface area contributed by atoms with Gasteiger partial charge in [0.15, 0.2) is 0 Å². The van der Waals surface area contributed by atoms with Crippen molar-refractivity contribution in [3.63, 3.8) is 0 Å². The zero-order chi connectivity index (χ0) is 36.9. The highest BCUT2D eigenvalue weighted by atomic mass is 32.1. The van der Waals surface area contributed by atoms with Gasteiger partial charge >= 0.3 is 5.97 Å². The lowest BCUT2D eigenvalue weighted by molar-refractivity contribution is -0.162. The number of esters is 1. The summed E-state index contributed by atoms with van der Waals surface area (Å²) >= 11 is 1.19. The number of phenolic OH excluding ortho intramolecular Hbond substituents is 1. The molecule has 4 aliphatic heterocycles. The number of benzene rings is 2. The second kappa shape index (κ2) is 14.0. The SMILES string of the molecule is CN(CCCNC[C@H](O)c1ccc(O)c2[nH]c(=O)ccc12)C(=O)c1ccc(C(=O)N2CCC(C(=O)O[C@]34CN5CCC3C4C5)(c3ccccc3)CC2)s1. The number of aromatic amines is 1. The quantitative estimate of drug-likeness (QED) is 0.126. The number of thiophene rings is 1. The van der Waals surface area contributed by atoms with E-state index in [1.54, 1.807) is 41.1 Å². The second-order valence-corrected chi connectivity index (χ2v) is 16.2. The molecule has 4 N–H and O–H groups in total. The molecule has 4 aromatic rings. The van der Waals surface area contributed by atoms with E-state index in [4.69, 9.17) is 4.74 Å². The van der Waals surface area contributed by atoms with Gasteiger partial charge in [-0.1, -0.05) is 36.4 Å². The minimum Gasteiger partial charge on any atom is -0.506 e. The van der Waals surface area contributed by atoms with Crippen molar-refractivity contribution in [1.29, 1.82) is 0 Å². The third kappa shape index (κ3) is 6.43. The van der Waals surface area contributed by atoms with Gasteiger partial charge in [-0.3, -0.25) is 24.1 Å². The number of hydrogen-bond donors (Lipinski definition) is 4. The fourth-order valence-corrected chi connectivity index (χ4v) is 9.96. The monoisotopic (exact) mass is 739 g/mol. The molecule has 5 aliphatic rings. The zero-order valence-corrected chi connectivity index (χ0v) is 30.6. The van der Waals surface area contributed by atoms with E-state index < -0.39 is 11.5 Å². The van der Waals surface area contributed by atoms with Gasteiger partial charge in [-0.05, 0) is 74.2 Å². The van der Waals surface area contributed by atoms with E-state index in [2.05, 4.69) is 15.2 Å². The van der Waals surface area contributed by atoms with E-state index in [-0.39, 0.29) is 46.8 Å². The number of aromatic hydroxyl groups is 1. The first kappa shape index (κ1) is 35.5. The topological polar surface area (TPSA) is 156 Å². The molecule has 5 atom stereocenters. The Kier molecular flexibility index (Phi) is 9.38. The Morgan fingerprint density at radius 1 is 1.02 bits per heavy atom. The van der Waals surface area contributed by atoms with Crippen molar-refractivity contribution in [2.75, 3.05) is 59.4 Å². The molecule has 1 saturated carbocycles. The molecule has 53 heavy (non-hydrogen) atoms. The van der Waals surface area contributed by atoms with Crippen molar-refractivity contribution in [3.05, 3.63) is 98.0 Å². The summed E-state index contributed by atoms with van der Waals surface area (Å²) in [5.74, 6) is 0.407. The third-order valence-electron chi connectivity index (χ3n) is 12.0. The van der Waals surface area contributed by atoms with E-state index in [1.165, 1.54) is 23.5 Å². The number of carbonyl (C=O) groups excluding carboxylic acids is 3. The van der Waals surface area contributed by atoms with Crippen LogP contribution < -0.4 is 10.9 Å². The number of fused-ring (bicyclic) bond motifs is 2. The lowest BCUT2D eigenvalue weighted by atomic mass is 9.72. The molecule has 4 bridgehead atoms.